The van der Waals surface area contributed by atoms with Gasteiger partial charge >= 0.3 is 0 Å². The topological polar surface area (TPSA) is 64.6 Å². The predicted molar refractivity (Wildman–Crippen MR) is 197 cm³/mol. The number of methoxy groups -OCH3 is 7. The molecule has 256 valence electrons. The number of benzene rings is 5. The average molecular weight is 647 g/mol. The van der Waals surface area contributed by atoms with Crippen molar-refractivity contribution in [1.82, 2.24) is 0 Å². The zero-order chi connectivity index (χ0) is 34.2. The molecule has 0 unspecified atom stereocenters. The molecule has 0 radical (unpaired) electrons. The van der Waals surface area contributed by atoms with Gasteiger partial charge in [-0.3, -0.25) is 0 Å². The molecule has 0 aliphatic carbocycles. The number of rotatable bonds is 7. The molecule has 0 heterocycles. The second-order valence-corrected chi connectivity index (χ2v) is 9.53. The van der Waals surface area contributed by atoms with Crippen molar-refractivity contribution in [2.75, 3.05) is 56.9 Å². The molecule has 0 fully saturated rings. The molecule has 47 heavy (non-hydrogen) atoms. The van der Waals surface area contributed by atoms with Gasteiger partial charge in [-0.15, -0.1) is 0 Å². The van der Waals surface area contributed by atoms with Gasteiger partial charge in [0.25, 0.3) is 0 Å². The van der Waals surface area contributed by atoms with Crippen LogP contribution in [0.1, 0.15) is 27.7 Å². The minimum absolute atomic E-state index is 0. The summed E-state index contributed by atoms with van der Waals surface area (Å²) in [5, 5.41) is 2.32. The van der Waals surface area contributed by atoms with Crippen molar-refractivity contribution in [2.24, 2.45) is 0 Å². The summed E-state index contributed by atoms with van der Waals surface area (Å²) in [6, 6.07) is 35.4. The summed E-state index contributed by atoms with van der Waals surface area (Å²) in [7, 11) is 13.2. The summed E-state index contributed by atoms with van der Waals surface area (Å²) >= 11 is 0. The molecular formula is C40H54O7. The lowest BCUT2D eigenvalue weighted by Crippen LogP contribution is -1.84. The zero-order valence-electron chi connectivity index (χ0n) is 29.0. The van der Waals surface area contributed by atoms with E-state index >= 15 is 0 Å². The van der Waals surface area contributed by atoms with Crippen LogP contribution in [-0.4, -0.2) is 56.9 Å². The third kappa shape index (κ3) is 15.8. The second kappa shape index (κ2) is 25.3. The van der Waals surface area contributed by atoms with E-state index in [2.05, 4.69) is 18.6 Å². The number of hydrogen-bond acceptors (Lipinski definition) is 7. The van der Waals surface area contributed by atoms with Crippen LogP contribution < -0.4 is 28.4 Å². The van der Waals surface area contributed by atoms with Gasteiger partial charge in [-0.25, -0.2) is 0 Å². The van der Waals surface area contributed by atoms with E-state index in [1.165, 1.54) is 22.9 Å². The number of ether oxygens (including phenoxy) is 7. The molecule has 5 rings (SSSR count). The normalized spacial score (nSPS) is 9.06. The van der Waals surface area contributed by atoms with Crippen LogP contribution in [0.3, 0.4) is 0 Å². The fraction of sp³-hybridized carbons (Fsp3) is 0.300. The van der Waals surface area contributed by atoms with E-state index in [1.807, 2.05) is 109 Å². The summed E-state index contributed by atoms with van der Waals surface area (Å²) in [6.45, 7) is 4.25. The Morgan fingerprint density at radius 1 is 0.340 bits per heavy atom. The molecule has 7 nitrogen and oxygen atoms in total. The van der Waals surface area contributed by atoms with Crippen LogP contribution in [0.4, 0.5) is 0 Å². The quantitative estimate of drug-likeness (QED) is 0.174. The second-order valence-electron chi connectivity index (χ2n) is 9.53. The standard InChI is InChI=1S/C14H14O2.C12H12O2.C8H10O2.C3H8.C2H6O.CH4/c1-15-13-7-3-11(4-8-13)12-5-9-14(16-2)10-6-12;1-13-11-5-3-9-4-6-12(14-2)8-10(9)7-11;1-9-7-3-5-8(10-2)6-4-7;2*1-3-2;/h3-10H,1-2H3;3-8H,1-2H3;3-6H,1-2H3;3H2,1-2H3;1-2H3;1H4. The number of fused-ring (bicyclic) bond motifs is 1. The van der Waals surface area contributed by atoms with Crippen molar-refractivity contribution < 1.29 is 33.2 Å². The predicted octanol–water partition coefficient (Wildman–Crippen LogP) is 10.2. The minimum Gasteiger partial charge on any atom is -0.497 e. The van der Waals surface area contributed by atoms with Crippen molar-refractivity contribution in [3.63, 3.8) is 0 Å². The highest BCUT2D eigenvalue weighted by Gasteiger charge is 1.99. The largest absolute Gasteiger partial charge is 0.497 e. The van der Waals surface area contributed by atoms with Crippen LogP contribution in [0.25, 0.3) is 21.9 Å². The highest BCUT2D eigenvalue weighted by atomic mass is 16.5. The van der Waals surface area contributed by atoms with Crippen LogP contribution in [0, 0.1) is 0 Å². The van der Waals surface area contributed by atoms with Gasteiger partial charge in [0.1, 0.15) is 34.5 Å². The van der Waals surface area contributed by atoms with Crippen molar-refractivity contribution in [3.05, 3.63) is 109 Å². The van der Waals surface area contributed by atoms with E-state index < -0.39 is 0 Å². The minimum atomic E-state index is 0. The Balaban J connectivity index is 0.000000627. The summed E-state index contributed by atoms with van der Waals surface area (Å²) in [4.78, 5) is 0. The maximum absolute atomic E-state index is 5.15. The third-order valence-electron chi connectivity index (χ3n) is 6.06. The highest BCUT2D eigenvalue weighted by Crippen LogP contribution is 2.25. The zero-order valence-corrected chi connectivity index (χ0v) is 29.0. The molecule has 5 aromatic carbocycles. The molecule has 0 saturated carbocycles. The smallest absolute Gasteiger partial charge is 0.119 e. The van der Waals surface area contributed by atoms with Crippen LogP contribution in [-0.2, 0) is 4.74 Å². The van der Waals surface area contributed by atoms with E-state index in [4.69, 9.17) is 28.4 Å². The fourth-order valence-corrected chi connectivity index (χ4v) is 3.74. The van der Waals surface area contributed by atoms with Gasteiger partial charge < -0.3 is 33.2 Å². The molecular weight excluding hydrogens is 592 g/mol. The Hall–Kier alpha value is -4.88. The molecule has 5 aromatic rings. The Bertz CT molecular complexity index is 1360. The lowest BCUT2D eigenvalue weighted by molar-refractivity contribution is 0.277. The first kappa shape index (κ1) is 42.1. The summed E-state index contributed by atoms with van der Waals surface area (Å²) in [6.07, 6.45) is 1.25. The fourth-order valence-electron chi connectivity index (χ4n) is 3.74. The van der Waals surface area contributed by atoms with Crippen molar-refractivity contribution in [2.45, 2.75) is 27.7 Å². The lowest BCUT2D eigenvalue weighted by atomic mass is 10.1. The van der Waals surface area contributed by atoms with E-state index in [1.54, 1.807) is 56.9 Å². The highest BCUT2D eigenvalue weighted by molar-refractivity contribution is 5.85. The average Bonchev–Trinajstić information content (AvgIpc) is 3.12. The molecule has 0 amide bonds. The van der Waals surface area contributed by atoms with Crippen LogP contribution in [0.5, 0.6) is 34.5 Å². The number of hydrogen-bond donors (Lipinski definition) is 0. The molecule has 0 spiro atoms. The first-order chi connectivity index (χ1) is 22.4. The summed E-state index contributed by atoms with van der Waals surface area (Å²) < 4.78 is 34.7. The molecule has 7 heteroatoms. The molecule has 0 aromatic heterocycles. The third-order valence-corrected chi connectivity index (χ3v) is 6.06. The molecule has 0 aliphatic rings. The van der Waals surface area contributed by atoms with Gasteiger partial charge in [-0.1, -0.05) is 64.1 Å². The Labute approximate surface area is 282 Å². The molecule has 0 atom stereocenters. The van der Waals surface area contributed by atoms with Gasteiger partial charge in [-0.05, 0) is 94.7 Å². The van der Waals surface area contributed by atoms with Gasteiger partial charge in [0.2, 0.25) is 0 Å². The van der Waals surface area contributed by atoms with E-state index in [-0.39, 0.29) is 7.43 Å². The monoisotopic (exact) mass is 646 g/mol. The lowest BCUT2D eigenvalue weighted by Gasteiger charge is -2.05. The summed E-state index contributed by atoms with van der Waals surface area (Å²) in [5.41, 5.74) is 2.34. The van der Waals surface area contributed by atoms with Gasteiger partial charge in [0.15, 0.2) is 0 Å². The van der Waals surface area contributed by atoms with E-state index in [9.17, 15) is 0 Å². The molecule has 0 aliphatic heterocycles. The van der Waals surface area contributed by atoms with Gasteiger partial charge in [0.05, 0.1) is 42.7 Å². The van der Waals surface area contributed by atoms with Gasteiger partial charge in [-0.2, -0.15) is 0 Å². The molecule has 0 saturated heterocycles. The first-order valence-corrected chi connectivity index (χ1v) is 14.8. The van der Waals surface area contributed by atoms with Crippen molar-refractivity contribution in [1.29, 1.82) is 0 Å². The molecule has 0 bridgehead atoms. The van der Waals surface area contributed by atoms with E-state index in [0.717, 1.165) is 39.9 Å². The molecule has 0 N–H and O–H groups in total. The Morgan fingerprint density at radius 3 is 0.787 bits per heavy atom. The first-order valence-electron chi connectivity index (χ1n) is 14.8. The van der Waals surface area contributed by atoms with Gasteiger partial charge in [0, 0.05) is 14.2 Å². The SMILES string of the molecule is C.CCC.COC.COc1ccc(-c2ccc(OC)cc2)cc1.COc1ccc(OC)cc1.COc1ccc2ccc(OC)cc2c1. The van der Waals surface area contributed by atoms with Crippen LogP contribution in [0.15, 0.2) is 109 Å². The maximum Gasteiger partial charge on any atom is 0.119 e. The van der Waals surface area contributed by atoms with Crippen molar-refractivity contribution in [3.8, 4) is 45.6 Å². The Kier molecular flexibility index (Phi) is 22.7. The van der Waals surface area contributed by atoms with E-state index in [0.29, 0.717) is 0 Å². The maximum atomic E-state index is 5.15. The van der Waals surface area contributed by atoms with Crippen LogP contribution in [0.2, 0.25) is 0 Å². The summed E-state index contributed by atoms with van der Waals surface area (Å²) in [5.74, 6) is 5.17. The van der Waals surface area contributed by atoms with Crippen molar-refractivity contribution >= 4 is 10.8 Å². The Morgan fingerprint density at radius 2 is 0.553 bits per heavy atom. The van der Waals surface area contributed by atoms with Crippen LogP contribution >= 0.6 is 0 Å².